The molecule has 0 saturated carbocycles. The number of urea groups is 1. The highest BCUT2D eigenvalue weighted by Gasteiger charge is 2.08. The van der Waals surface area contributed by atoms with Gasteiger partial charge in [0.15, 0.2) is 0 Å². The van der Waals surface area contributed by atoms with Crippen molar-refractivity contribution in [3.05, 3.63) is 29.3 Å². The smallest absolute Gasteiger partial charge is 0.335 e. The molecule has 0 aliphatic carbocycles. The SMILES string of the molecule is CCNCCCNC(=O)Nc1cc(C(=O)O)ccc1C. The highest BCUT2D eigenvalue weighted by atomic mass is 16.4. The molecule has 0 heterocycles. The van der Waals surface area contributed by atoms with Crippen molar-refractivity contribution in [2.24, 2.45) is 0 Å². The molecule has 6 nitrogen and oxygen atoms in total. The van der Waals surface area contributed by atoms with Gasteiger partial charge in [-0.2, -0.15) is 0 Å². The van der Waals surface area contributed by atoms with Gasteiger partial charge >= 0.3 is 12.0 Å². The van der Waals surface area contributed by atoms with Crippen LogP contribution >= 0.6 is 0 Å². The van der Waals surface area contributed by atoms with Crippen molar-refractivity contribution in [2.75, 3.05) is 25.0 Å². The van der Waals surface area contributed by atoms with Crippen molar-refractivity contribution >= 4 is 17.7 Å². The van der Waals surface area contributed by atoms with Gasteiger partial charge in [0.25, 0.3) is 0 Å². The number of aryl methyl sites for hydroxylation is 1. The van der Waals surface area contributed by atoms with Crippen LogP contribution in [0.4, 0.5) is 10.5 Å². The molecule has 110 valence electrons. The summed E-state index contributed by atoms with van der Waals surface area (Å²) in [7, 11) is 0. The second-order valence-corrected chi connectivity index (χ2v) is 4.42. The van der Waals surface area contributed by atoms with E-state index in [9.17, 15) is 9.59 Å². The maximum absolute atomic E-state index is 11.7. The first kappa shape index (κ1) is 16.0. The summed E-state index contributed by atoms with van der Waals surface area (Å²) < 4.78 is 0. The van der Waals surface area contributed by atoms with Gasteiger partial charge < -0.3 is 21.1 Å². The largest absolute Gasteiger partial charge is 0.478 e. The molecule has 1 aromatic rings. The number of carbonyl (C=O) groups excluding carboxylic acids is 1. The van der Waals surface area contributed by atoms with E-state index < -0.39 is 5.97 Å². The van der Waals surface area contributed by atoms with E-state index in [1.807, 2.05) is 13.8 Å². The molecule has 0 atom stereocenters. The Bertz CT molecular complexity index is 475. The number of benzene rings is 1. The van der Waals surface area contributed by atoms with Gasteiger partial charge in [0.1, 0.15) is 0 Å². The van der Waals surface area contributed by atoms with E-state index in [2.05, 4.69) is 16.0 Å². The lowest BCUT2D eigenvalue weighted by Crippen LogP contribution is -2.31. The fraction of sp³-hybridized carbons (Fsp3) is 0.429. The molecule has 0 spiro atoms. The van der Waals surface area contributed by atoms with Gasteiger partial charge in [0, 0.05) is 12.2 Å². The number of anilines is 1. The maximum atomic E-state index is 11.7. The predicted molar refractivity (Wildman–Crippen MR) is 78.3 cm³/mol. The number of aromatic carboxylic acids is 1. The Kier molecular flexibility index (Phi) is 6.52. The Balaban J connectivity index is 2.49. The molecule has 0 aromatic heterocycles. The molecular formula is C14H21N3O3. The molecule has 0 radical (unpaired) electrons. The molecule has 2 amide bonds. The summed E-state index contributed by atoms with van der Waals surface area (Å²) in [6.45, 7) is 6.17. The Morgan fingerprint density at radius 3 is 2.65 bits per heavy atom. The quantitative estimate of drug-likeness (QED) is 0.573. The van der Waals surface area contributed by atoms with E-state index in [4.69, 9.17) is 5.11 Å². The number of carboxylic acid groups (broad SMARTS) is 1. The molecule has 6 heteroatoms. The number of nitrogens with one attached hydrogen (secondary N) is 3. The highest BCUT2D eigenvalue weighted by molar-refractivity contribution is 5.93. The summed E-state index contributed by atoms with van der Waals surface area (Å²) in [4.78, 5) is 22.6. The predicted octanol–water partition coefficient (Wildman–Crippen LogP) is 1.81. The van der Waals surface area contributed by atoms with E-state index in [0.717, 1.165) is 25.1 Å². The third-order valence-corrected chi connectivity index (χ3v) is 2.80. The molecule has 0 aliphatic rings. The monoisotopic (exact) mass is 279 g/mol. The second-order valence-electron chi connectivity index (χ2n) is 4.42. The van der Waals surface area contributed by atoms with Crippen LogP contribution < -0.4 is 16.0 Å². The van der Waals surface area contributed by atoms with Crippen molar-refractivity contribution in [1.29, 1.82) is 0 Å². The Hall–Kier alpha value is -2.08. The van der Waals surface area contributed by atoms with Gasteiger partial charge in [0.05, 0.1) is 5.56 Å². The van der Waals surface area contributed by atoms with Gasteiger partial charge in [0.2, 0.25) is 0 Å². The van der Waals surface area contributed by atoms with Gasteiger partial charge in [-0.25, -0.2) is 9.59 Å². The molecule has 0 unspecified atom stereocenters. The van der Waals surface area contributed by atoms with Crippen LogP contribution in [0.1, 0.15) is 29.3 Å². The standard InChI is InChI=1S/C14H21N3O3/c1-3-15-7-4-8-16-14(20)17-12-9-11(13(18)19)6-5-10(12)2/h5-6,9,15H,3-4,7-8H2,1-2H3,(H,18,19)(H2,16,17,20). The number of carbonyl (C=O) groups is 2. The van der Waals surface area contributed by atoms with Crippen LogP contribution in [0, 0.1) is 6.92 Å². The minimum atomic E-state index is -1.01. The third-order valence-electron chi connectivity index (χ3n) is 2.80. The first-order valence-corrected chi connectivity index (χ1v) is 6.64. The topological polar surface area (TPSA) is 90.5 Å². The molecule has 1 aromatic carbocycles. The average Bonchev–Trinajstić information content (AvgIpc) is 2.40. The van der Waals surface area contributed by atoms with Crippen LogP contribution in [0.3, 0.4) is 0 Å². The van der Waals surface area contributed by atoms with Crippen molar-refractivity contribution in [1.82, 2.24) is 10.6 Å². The lowest BCUT2D eigenvalue weighted by Gasteiger charge is -2.10. The number of hydrogen-bond acceptors (Lipinski definition) is 3. The summed E-state index contributed by atoms with van der Waals surface area (Å²) in [6, 6.07) is 4.31. The van der Waals surface area contributed by atoms with Gasteiger partial charge in [-0.3, -0.25) is 0 Å². The van der Waals surface area contributed by atoms with E-state index in [0.29, 0.717) is 12.2 Å². The zero-order valence-electron chi connectivity index (χ0n) is 11.8. The van der Waals surface area contributed by atoms with Crippen molar-refractivity contribution in [2.45, 2.75) is 20.3 Å². The fourth-order valence-electron chi connectivity index (χ4n) is 1.65. The van der Waals surface area contributed by atoms with Gasteiger partial charge in [-0.15, -0.1) is 0 Å². The zero-order chi connectivity index (χ0) is 15.0. The molecule has 0 aliphatic heterocycles. The van der Waals surface area contributed by atoms with Crippen LogP contribution in [-0.2, 0) is 0 Å². The van der Waals surface area contributed by atoms with E-state index >= 15 is 0 Å². The number of amides is 2. The fourth-order valence-corrected chi connectivity index (χ4v) is 1.65. The van der Waals surface area contributed by atoms with Crippen LogP contribution in [0.5, 0.6) is 0 Å². The lowest BCUT2D eigenvalue weighted by molar-refractivity contribution is 0.0697. The third kappa shape index (κ3) is 5.27. The number of hydrogen-bond donors (Lipinski definition) is 4. The Labute approximate surface area is 118 Å². The first-order valence-electron chi connectivity index (χ1n) is 6.64. The van der Waals surface area contributed by atoms with Gasteiger partial charge in [-0.05, 0) is 44.1 Å². The minimum absolute atomic E-state index is 0.151. The van der Waals surface area contributed by atoms with Crippen LogP contribution in [0.2, 0.25) is 0 Å². The molecule has 0 fully saturated rings. The second kappa shape index (κ2) is 8.16. The van der Waals surface area contributed by atoms with Crippen LogP contribution in [0.25, 0.3) is 0 Å². The van der Waals surface area contributed by atoms with E-state index in [1.165, 1.54) is 12.1 Å². The maximum Gasteiger partial charge on any atom is 0.335 e. The van der Waals surface area contributed by atoms with Gasteiger partial charge in [-0.1, -0.05) is 13.0 Å². The number of rotatable bonds is 7. The summed E-state index contributed by atoms with van der Waals surface area (Å²) >= 11 is 0. The summed E-state index contributed by atoms with van der Waals surface area (Å²) in [6.07, 6.45) is 0.843. The Morgan fingerprint density at radius 2 is 2.00 bits per heavy atom. The summed E-state index contributed by atoms with van der Waals surface area (Å²) in [5.74, 6) is -1.01. The molecule has 0 bridgehead atoms. The molecule has 1 rings (SSSR count). The van der Waals surface area contributed by atoms with Crippen LogP contribution in [-0.4, -0.2) is 36.7 Å². The first-order chi connectivity index (χ1) is 9.54. The average molecular weight is 279 g/mol. The zero-order valence-corrected chi connectivity index (χ0v) is 11.8. The molecule has 4 N–H and O–H groups in total. The molecule has 20 heavy (non-hydrogen) atoms. The highest BCUT2D eigenvalue weighted by Crippen LogP contribution is 2.16. The van der Waals surface area contributed by atoms with Crippen molar-refractivity contribution in [3.63, 3.8) is 0 Å². The number of carboxylic acids is 1. The molecular weight excluding hydrogens is 258 g/mol. The Morgan fingerprint density at radius 1 is 1.25 bits per heavy atom. The van der Waals surface area contributed by atoms with E-state index in [-0.39, 0.29) is 11.6 Å². The van der Waals surface area contributed by atoms with E-state index in [1.54, 1.807) is 6.07 Å². The normalized spacial score (nSPS) is 10.1. The van der Waals surface area contributed by atoms with Crippen LogP contribution in [0.15, 0.2) is 18.2 Å². The van der Waals surface area contributed by atoms with Crippen molar-refractivity contribution in [3.8, 4) is 0 Å². The van der Waals surface area contributed by atoms with Crippen molar-refractivity contribution < 1.29 is 14.7 Å². The molecule has 0 saturated heterocycles. The summed E-state index contributed by atoms with van der Waals surface area (Å²) in [5.41, 5.74) is 1.48. The minimum Gasteiger partial charge on any atom is -0.478 e. The summed E-state index contributed by atoms with van der Waals surface area (Å²) in [5, 5.41) is 17.5. The lowest BCUT2D eigenvalue weighted by atomic mass is 10.1.